The maximum atomic E-state index is 6.25. The molecule has 3 atom stereocenters. The van der Waals surface area contributed by atoms with E-state index >= 15 is 0 Å². The molecule has 0 aromatic heterocycles. The van der Waals surface area contributed by atoms with E-state index in [-0.39, 0.29) is 11.6 Å². The molecule has 1 aliphatic heterocycles. The van der Waals surface area contributed by atoms with Gasteiger partial charge in [0.1, 0.15) is 0 Å². The van der Waals surface area contributed by atoms with Gasteiger partial charge in [0.15, 0.2) is 0 Å². The Morgan fingerprint density at radius 2 is 1.88 bits per heavy atom. The van der Waals surface area contributed by atoms with Crippen molar-refractivity contribution in [2.75, 3.05) is 6.61 Å². The summed E-state index contributed by atoms with van der Waals surface area (Å²) in [6, 6.07) is 0.275. The Labute approximate surface area is 104 Å². The highest BCUT2D eigenvalue weighted by Crippen LogP contribution is 2.41. The highest BCUT2D eigenvalue weighted by molar-refractivity contribution is 4.93. The molecule has 1 saturated heterocycles. The number of ether oxygens (including phenoxy) is 2. The zero-order valence-electron chi connectivity index (χ0n) is 10.7. The van der Waals surface area contributed by atoms with Gasteiger partial charge in [0, 0.05) is 19.1 Å². The Kier molecular flexibility index (Phi) is 3.42. The summed E-state index contributed by atoms with van der Waals surface area (Å²) in [7, 11) is 0. The molecule has 0 bridgehead atoms. The topological polar surface area (TPSA) is 44.5 Å². The van der Waals surface area contributed by atoms with E-state index in [1.165, 1.54) is 32.1 Å². The van der Waals surface area contributed by atoms with Gasteiger partial charge in [0.25, 0.3) is 0 Å². The van der Waals surface area contributed by atoms with Crippen LogP contribution in [0.5, 0.6) is 0 Å². The summed E-state index contributed by atoms with van der Waals surface area (Å²) in [4.78, 5) is 0. The Balaban J connectivity index is 1.56. The largest absolute Gasteiger partial charge is 0.375 e. The Morgan fingerprint density at radius 1 is 1.06 bits per heavy atom. The van der Waals surface area contributed by atoms with Crippen molar-refractivity contribution in [2.45, 2.75) is 81.6 Å². The number of rotatable bonds is 2. The van der Waals surface area contributed by atoms with Crippen LogP contribution in [0.2, 0.25) is 0 Å². The molecule has 3 heteroatoms. The molecule has 1 heterocycles. The van der Waals surface area contributed by atoms with E-state index in [0.29, 0.717) is 12.2 Å². The molecule has 3 unspecified atom stereocenters. The molecule has 1 spiro atoms. The van der Waals surface area contributed by atoms with Crippen molar-refractivity contribution in [1.82, 2.24) is 0 Å². The van der Waals surface area contributed by atoms with Gasteiger partial charge in [-0.05, 0) is 38.5 Å². The molecule has 2 aliphatic carbocycles. The van der Waals surface area contributed by atoms with Crippen molar-refractivity contribution in [2.24, 2.45) is 5.73 Å². The summed E-state index contributed by atoms with van der Waals surface area (Å²) in [5.74, 6) is 0. The zero-order chi connectivity index (χ0) is 11.7. The lowest BCUT2D eigenvalue weighted by atomic mass is 9.90. The van der Waals surface area contributed by atoms with Crippen LogP contribution in [0.3, 0.4) is 0 Å². The van der Waals surface area contributed by atoms with Gasteiger partial charge in [0.05, 0.1) is 17.8 Å². The lowest BCUT2D eigenvalue weighted by molar-refractivity contribution is -0.145. The summed E-state index contributed by atoms with van der Waals surface area (Å²) in [6.07, 6.45) is 11.6. The van der Waals surface area contributed by atoms with Gasteiger partial charge < -0.3 is 15.2 Å². The van der Waals surface area contributed by atoms with E-state index in [1.807, 2.05) is 0 Å². The molecule has 17 heavy (non-hydrogen) atoms. The average Bonchev–Trinajstić information content (AvgIpc) is 2.91. The fourth-order valence-electron chi connectivity index (χ4n) is 3.84. The van der Waals surface area contributed by atoms with Gasteiger partial charge in [0.2, 0.25) is 0 Å². The third-order valence-corrected chi connectivity index (χ3v) is 4.83. The van der Waals surface area contributed by atoms with Crippen LogP contribution >= 0.6 is 0 Å². The molecule has 2 N–H and O–H groups in total. The first-order valence-corrected chi connectivity index (χ1v) is 7.32. The molecule has 3 rings (SSSR count). The Hall–Kier alpha value is -0.120. The van der Waals surface area contributed by atoms with Crippen LogP contribution in [0, 0.1) is 0 Å². The summed E-state index contributed by atoms with van der Waals surface area (Å²) in [5.41, 5.74) is 6.26. The van der Waals surface area contributed by atoms with E-state index in [2.05, 4.69) is 0 Å². The van der Waals surface area contributed by atoms with Crippen molar-refractivity contribution < 1.29 is 9.47 Å². The minimum atomic E-state index is 0.172. The van der Waals surface area contributed by atoms with Crippen molar-refractivity contribution in [3.63, 3.8) is 0 Å². The van der Waals surface area contributed by atoms with E-state index in [0.717, 1.165) is 32.3 Å². The molecule has 0 radical (unpaired) electrons. The van der Waals surface area contributed by atoms with Crippen LogP contribution in [0.4, 0.5) is 0 Å². The van der Waals surface area contributed by atoms with Crippen molar-refractivity contribution in [1.29, 1.82) is 0 Å². The third-order valence-electron chi connectivity index (χ3n) is 4.83. The second kappa shape index (κ2) is 4.87. The first kappa shape index (κ1) is 11.9. The predicted molar refractivity (Wildman–Crippen MR) is 66.9 cm³/mol. The second-order valence-electron chi connectivity index (χ2n) is 6.12. The fourth-order valence-corrected chi connectivity index (χ4v) is 3.84. The molecule has 0 aromatic rings. The summed E-state index contributed by atoms with van der Waals surface area (Å²) in [6.45, 7) is 0.882. The van der Waals surface area contributed by atoms with Gasteiger partial charge in [-0.3, -0.25) is 0 Å². The minimum absolute atomic E-state index is 0.172. The smallest absolute Gasteiger partial charge is 0.0729 e. The van der Waals surface area contributed by atoms with E-state index < -0.39 is 0 Å². The Morgan fingerprint density at radius 3 is 2.59 bits per heavy atom. The molecule has 2 saturated carbocycles. The van der Waals surface area contributed by atoms with E-state index in [9.17, 15) is 0 Å². The molecular weight excluding hydrogens is 214 g/mol. The van der Waals surface area contributed by atoms with Crippen LogP contribution in [0.25, 0.3) is 0 Å². The lowest BCUT2D eigenvalue weighted by Crippen LogP contribution is -2.43. The fraction of sp³-hybridized carbons (Fsp3) is 1.00. The maximum absolute atomic E-state index is 6.25. The van der Waals surface area contributed by atoms with Crippen LogP contribution in [0.1, 0.15) is 57.8 Å². The van der Waals surface area contributed by atoms with Gasteiger partial charge in [-0.25, -0.2) is 0 Å². The Bertz CT molecular complexity index is 263. The zero-order valence-corrected chi connectivity index (χ0v) is 10.7. The summed E-state index contributed by atoms with van der Waals surface area (Å²) >= 11 is 0. The molecule has 3 nitrogen and oxygen atoms in total. The minimum Gasteiger partial charge on any atom is -0.375 e. The molecule has 98 valence electrons. The third kappa shape index (κ3) is 2.51. The van der Waals surface area contributed by atoms with Gasteiger partial charge in [-0.1, -0.05) is 12.8 Å². The summed E-state index contributed by atoms with van der Waals surface area (Å²) in [5, 5.41) is 0. The second-order valence-corrected chi connectivity index (χ2v) is 6.12. The number of nitrogens with two attached hydrogens (primary N) is 1. The van der Waals surface area contributed by atoms with Crippen molar-refractivity contribution in [3.05, 3.63) is 0 Å². The molecular formula is C14H25NO2. The van der Waals surface area contributed by atoms with E-state index in [1.54, 1.807) is 0 Å². The highest BCUT2D eigenvalue weighted by Gasteiger charge is 2.41. The number of hydrogen-bond donors (Lipinski definition) is 1. The first-order chi connectivity index (χ1) is 8.27. The standard InChI is InChI=1S/C14H25NO2/c15-12-4-3-5-13(12)17-11-6-9-16-14(10-11)7-1-2-8-14/h11-13H,1-10,15H2. The van der Waals surface area contributed by atoms with Gasteiger partial charge in [-0.15, -0.1) is 0 Å². The monoisotopic (exact) mass is 239 g/mol. The normalized spacial score (nSPS) is 41.1. The summed E-state index contributed by atoms with van der Waals surface area (Å²) < 4.78 is 12.3. The van der Waals surface area contributed by atoms with Crippen molar-refractivity contribution in [3.8, 4) is 0 Å². The van der Waals surface area contributed by atoms with Crippen LogP contribution in [0.15, 0.2) is 0 Å². The highest BCUT2D eigenvalue weighted by atomic mass is 16.5. The van der Waals surface area contributed by atoms with Crippen LogP contribution in [-0.2, 0) is 9.47 Å². The lowest BCUT2D eigenvalue weighted by Gasteiger charge is -2.39. The first-order valence-electron chi connectivity index (χ1n) is 7.32. The van der Waals surface area contributed by atoms with Crippen molar-refractivity contribution >= 4 is 0 Å². The molecule has 3 aliphatic rings. The average molecular weight is 239 g/mol. The van der Waals surface area contributed by atoms with Gasteiger partial charge >= 0.3 is 0 Å². The van der Waals surface area contributed by atoms with Crippen LogP contribution in [-0.4, -0.2) is 30.5 Å². The number of hydrogen-bond acceptors (Lipinski definition) is 3. The molecule has 0 aromatic carbocycles. The SMILES string of the molecule is NC1CCCC1OC1CCOC2(CCCC2)C1. The molecule has 0 amide bonds. The quantitative estimate of drug-likeness (QED) is 0.804. The van der Waals surface area contributed by atoms with Crippen LogP contribution < -0.4 is 5.73 Å². The predicted octanol–water partition coefficient (Wildman–Crippen LogP) is 2.37. The maximum Gasteiger partial charge on any atom is 0.0729 e. The van der Waals surface area contributed by atoms with E-state index in [4.69, 9.17) is 15.2 Å². The van der Waals surface area contributed by atoms with Gasteiger partial charge in [-0.2, -0.15) is 0 Å². The molecule has 3 fully saturated rings.